The first-order valence-electron chi connectivity index (χ1n) is 12.9. The maximum Gasteiger partial charge on any atom is 0.223 e. The van der Waals surface area contributed by atoms with Crippen molar-refractivity contribution in [2.24, 2.45) is 5.73 Å². The molecule has 0 amide bonds. The molecule has 0 spiro atoms. The van der Waals surface area contributed by atoms with Crippen LogP contribution in [0.15, 0.2) is 0 Å². The smallest absolute Gasteiger partial charge is 0.223 e. The normalized spacial score (nSPS) is 30.8. The predicted octanol–water partition coefficient (Wildman–Crippen LogP) is 0.679. The lowest BCUT2D eigenvalue weighted by Crippen LogP contribution is -2.72. The summed E-state index contributed by atoms with van der Waals surface area (Å²) in [5.41, 5.74) is 5.90. The van der Waals surface area contributed by atoms with Gasteiger partial charge in [0.2, 0.25) is 5.79 Å². The zero-order valence-corrected chi connectivity index (χ0v) is 20.3. The third kappa shape index (κ3) is 9.66. The Kier molecular flexibility index (Phi) is 15.2. The van der Waals surface area contributed by atoms with Crippen LogP contribution in [0, 0.1) is 0 Å². The van der Waals surface area contributed by atoms with Crippen molar-refractivity contribution in [3.8, 4) is 0 Å². The van der Waals surface area contributed by atoms with Crippen molar-refractivity contribution in [1.29, 1.82) is 0 Å². The molecule has 1 unspecified atom stereocenters. The van der Waals surface area contributed by atoms with E-state index in [0.29, 0.717) is 12.8 Å². The molecule has 0 aromatic carbocycles. The van der Waals surface area contributed by atoms with Gasteiger partial charge in [0, 0.05) is 0 Å². The van der Waals surface area contributed by atoms with Crippen molar-refractivity contribution in [2.75, 3.05) is 6.61 Å². The van der Waals surface area contributed by atoms with Gasteiger partial charge in [-0.1, -0.05) is 90.4 Å². The molecule has 1 heterocycles. The zero-order valence-electron chi connectivity index (χ0n) is 20.3. The van der Waals surface area contributed by atoms with Crippen LogP contribution in [0.5, 0.6) is 0 Å². The Bertz CT molecular complexity index is 497. The SMILES string of the molecule is CCCCCCCCCCCCCCC[C@@H](O)[C@H](N)C(O)[C@]1(O)O[C@H](CO)[C@@H](O)[C@H](O)[C@H]1O. The molecule has 9 nitrogen and oxygen atoms in total. The Hall–Kier alpha value is -0.360. The number of hydrogen-bond donors (Lipinski definition) is 8. The van der Waals surface area contributed by atoms with E-state index in [2.05, 4.69) is 6.92 Å². The molecule has 9 N–H and O–H groups in total. The number of ether oxygens (including phenoxy) is 1. The number of aliphatic hydroxyl groups excluding tert-OH is 6. The number of hydrogen-bond acceptors (Lipinski definition) is 9. The topological polar surface area (TPSA) is 177 Å². The molecule has 1 fully saturated rings. The molecule has 0 aromatic rings. The molecule has 8 atom stereocenters. The Labute approximate surface area is 198 Å². The van der Waals surface area contributed by atoms with Crippen LogP contribution in [0.3, 0.4) is 0 Å². The van der Waals surface area contributed by atoms with Crippen LogP contribution in [0.1, 0.15) is 96.8 Å². The van der Waals surface area contributed by atoms with Crippen LogP contribution in [-0.2, 0) is 4.74 Å². The summed E-state index contributed by atoms with van der Waals surface area (Å²) >= 11 is 0. The molecule has 33 heavy (non-hydrogen) atoms. The summed E-state index contributed by atoms with van der Waals surface area (Å²) in [7, 11) is 0. The Morgan fingerprint density at radius 2 is 1.24 bits per heavy atom. The third-order valence-corrected chi connectivity index (χ3v) is 6.83. The highest BCUT2D eigenvalue weighted by Crippen LogP contribution is 2.32. The van der Waals surface area contributed by atoms with Crippen molar-refractivity contribution < 1.29 is 40.5 Å². The second-order valence-corrected chi connectivity index (χ2v) is 9.64. The molecule has 0 aromatic heterocycles. The molecule has 1 aliphatic rings. The molecule has 1 saturated heterocycles. The summed E-state index contributed by atoms with van der Waals surface area (Å²) < 4.78 is 5.08. The average molecular weight is 480 g/mol. The number of nitrogens with two attached hydrogens (primary N) is 1. The maximum absolute atomic E-state index is 10.6. The van der Waals surface area contributed by atoms with Gasteiger partial charge in [-0.3, -0.25) is 0 Å². The molecular weight excluding hydrogens is 430 g/mol. The van der Waals surface area contributed by atoms with E-state index in [9.17, 15) is 35.7 Å². The fraction of sp³-hybridized carbons (Fsp3) is 1.00. The van der Waals surface area contributed by atoms with Crippen molar-refractivity contribution >= 4 is 0 Å². The minimum absolute atomic E-state index is 0.302. The minimum atomic E-state index is -2.73. The highest BCUT2D eigenvalue weighted by atomic mass is 16.7. The summed E-state index contributed by atoms with van der Waals surface area (Å²) in [6.45, 7) is 1.48. The highest BCUT2D eigenvalue weighted by molar-refractivity contribution is 5.02. The van der Waals surface area contributed by atoms with E-state index in [-0.39, 0.29) is 0 Å². The van der Waals surface area contributed by atoms with Crippen molar-refractivity contribution in [2.45, 2.75) is 145 Å². The van der Waals surface area contributed by atoms with Gasteiger partial charge in [-0.15, -0.1) is 0 Å². The standard InChI is InChI=1S/C24H49NO8/c1-2-3-4-5-6-7-8-9-10-11-12-13-14-15-17(27)19(25)22(30)24(32)23(31)21(29)20(28)18(16-26)33-24/h17-23,26-32H,2-16,25H2,1H3/t17-,18-,19+,20-,21+,22?,23-,24+/m1/s1. The van der Waals surface area contributed by atoms with Crippen LogP contribution in [0.4, 0.5) is 0 Å². The van der Waals surface area contributed by atoms with Gasteiger partial charge in [-0.05, 0) is 6.42 Å². The second kappa shape index (κ2) is 16.3. The van der Waals surface area contributed by atoms with Gasteiger partial charge in [-0.25, -0.2) is 0 Å². The molecular formula is C24H49NO8. The first kappa shape index (κ1) is 30.7. The van der Waals surface area contributed by atoms with Crippen molar-refractivity contribution in [1.82, 2.24) is 0 Å². The fourth-order valence-corrected chi connectivity index (χ4v) is 4.47. The molecule has 1 rings (SSSR count). The van der Waals surface area contributed by atoms with Crippen molar-refractivity contribution in [3.05, 3.63) is 0 Å². The van der Waals surface area contributed by atoms with Crippen LogP contribution < -0.4 is 5.73 Å². The second-order valence-electron chi connectivity index (χ2n) is 9.64. The van der Waals surface area contributed by atoms with Gasteiger partial charge in [0.25, 0.3) is 0 Å². The van der Waals surface area contributed by atoms with Gasteiger partial charge >= 0.3 is 0 Å². The summed E-state index contributed by atoms with van der Waals surface area (Å²) in [4.78, 5) is 0. The largest absolute Gasteiger partial charge is 0.394 e. The Balaban J connectivity index is 2.24. The first-order valence-corrected chi connectivity index (χ1v) is 12.9. The maximum atomic E-state index is 10.6. The van der Waals surface area contributed by atoms with Gasteiger partial charge in [0.15, 0.2) is 0 Å². The summed E-state index contributed by atoms with van der Waals surface area (Å²) in [5, 5.41) is 70.5. The van der Waals surface area contributed by atoms with Crippen molar-refractivity contribution in [3.63, 3.8) is 0 Å². The van der Waals surface area contributed by atoms with E-state index >= 15 is 0 Å². The van der Waals surface area contributed by atoms with Crippen LogP contribution >= 0.6 is 0 Å². The molecule has 0 radical (unpaired) electrons. The molecule has 0 bridgehead atoms. The molecule has 0 saturated carbocycles. The molecule has 9 heteroatoms. The number of rotatable bonds is 18. The summed E-state index contributed by atoms with van der Waals surface area (Å²) in [6, 6.07) is -1.36. The quantitative estimate of drug-likeness (QED) is 0.131. The van der Waals surface area contributed by atoms with E-state index in [0.717, 1.165) is 19.3 Å². The average Bonchev–Trinajstić information content (AvgIpc) is 2.81. The van der Waals surface area contributed by atoms with E-state index in [1.807, 2.05) is 0 Å². The van der Waals surface area contributed by atoms with Crippen LogP contribution in [-0.4, -0.2) is 90.8 Å². The third-order valence-electron chi connectivity index (χ3n) is 6.83. The fourth-order valence-electron chi connectivity index (χ4n) is 4.47. The van der Waals surface area contributed by atoms with Crippen LogP contribution in [0.2, 0.25) is 0 Å². The van der Waals surface area contributed by atoms with E-state index in [4.69, 9.17) is 10.5 Å². The molecule has 198 valence electrons. The zero-order chi connectivity index (χ0) is 24.9. The van der Waals surface area contributed by atoms with E-state index in [1.165, 1.54) is 57.8 Å². The summed E-state index contributed by atoms with van der Waals surface area (Å²) in [5.74, 6) is -2.73. The lowest BCUT2D eigenvalue weighted by atomic mass is 9.85. The Morgan fingerprint density at radius 3 is 1.70 bits per heavy atom. The number of unbranched alkanes of at least 4 members (excludes halogenated alkanes) is 12. The van der Waals surface area contributed by atoms with Gasteiger partial charge in [0.1, 0.15) is 30.5 Å². The van der Waals surface area contributed by atoms with E-state index < -0.39 is 55.1 Å². The predicted molar refractivity (Wildman–Crippen MR) is 125 cm³/mol. The molecule has 1 aliphatic heterocycles. The monoisotopic (exact) mass is 479 g/mol. The van der Waals surface area contributed by atoms with Gasteiger partial charge < -0.3 is 46.2 Å². The molecule has 0 aliphatic carbocycles. The number of aliphatic hydroxyl groups is 7. The van der Waals surface area contributed by atoms with Gasteiger partial charge in [-0.2, -0.15) is 0 Å². The lowest BCUT2D eigenvalue weighted by Gasteiger charge is -2.48. The van der Waals surface area contributed by atoms with E-state index in [1.54, 1.807) is 0 Å². The summed E-state index contributed by atoms with van der Waals surface area (Å²) in [6.07, 6.45) is 5.72. The van der Waals surface area contributed by atoms with Crippen LogP contribution in [0.25, 0.3) is 0 Å². The van der Waals surface area contributed by atoms with Gasteiger partial charge in [0.05, 0.1) is 18.8 Å². The first-order chi connectivity index (χ1) is 15.7. The minimum Gasteiger partial charge on any atom is -0.394 e. The highest BCUT2D eigenvalue weighted by Gasteiger charge is 2.58. The lowest BCUT2D eigenvalue weighted by molar-refractivity contribution is -0.379. The Morgan fingerprint density at radius 1 is 0.788 bits per heavy atom.